The Morgan fingerprint density at radius 2 is 1.66 bits per heavy atom. The molecule has 0 radical (unpaired) electrons. The van der Waals surface area contributed by atoms with Crippen molar-refractivity contribution in [3.63, 3.8) is 0 Å². The summed E-state index contributed by atoms with van der Waals surface area (Å²) in [7, 11) is 0. The second kappa shape index (κ2) is 12.9. The predicted octanol–water partition coefficient (Wildman–Crippen LogP) is 6.72. The average Bonchev–Trinajstić information content (AvgIpc) is 3.10. The fourth-order valence-electron chi connectivity index (χ4n) is 4.19. The largest absolute Gasteiger partial charge is 0.369 e. The first-order valence-electron chi connectivity index (χ1n) is 12.3. The second-order valence-electron chi connectivity index (χ2n) is 8.69. The van der Waals surface area contributed by atoms with E-state index in [2.05, 4.69) is 46.1 Å². The van der Waals surface area contributed by atoms with Crippen LogP contribution in [0, 0.1) is 0 Å². The number of hydrogen-bond acceptors (Lipinski definition) is 3. The van der Waals surface area contributed by atoms with Gasteiger partial charge in [0.15, 0.2) is 0 Å². The number of aromatic nitrogens is 2. The maximum Gasteiger partial charge on any atom is 0.224 e. The lowest BCUT2D eigenvalue weighted by molar-refractivity contribution is -0.116. The molecular formula is C27H38N4O. The van der Waals surface area contributed by atoms with Crippen LogP contribution < -0.4 is 11.1 Å². The first-order chi connectivity index (χ1) is 15.7. The smallest absolute Gasteiger partial charge is 0.224 e. The summed E-state index contributed by atoms with van der Waals surface area (Å²) in [6.07, 6.45) is 12.4. The topological polar surface area (TPSA) is 72.9 Å². The third-order valence-electron chi connectivity index (χ3n) is 6.01. The molecule has 0 atom stereocenters. The molecule has 3 aromatic rings. The molecule has 0 unspecified atom stereocenters. The van der Waals surface area contributed by atoms with Crippen molar-refractivity contribution in [3.8, 4) is 0 Å². The van der Waals surface area contributed by atoms with E-state index in [9.17, 15) is 4.79 Å². The van der Waals surface area contributed by atoms with Gasteiger partial charge in [0, 0.05) is 18.7 Å². The molecule has 0 saturated carbocycles. The van der Waals surface area contributed by atoms with E-state index >= 15 is 0 Å². The first-order valence-corrected chi connectivity index (χ1v) is 12.3. The Balaban J connectivity index is 1.44. The van der Waals surface area contributed by atoms with Crippen LogP contribution in [0.25, 0.3) is 11.0 Å². The molecule has 0 bridgehead atoms. The Kier molecular flexibility index (Phi) is 9.60. The van der Waals surface area contributed by atoms with E-state index < -0.39 is 0 Å². The second-order valence-corrected chi connectivity index (χ2v) is 8.69. The van der Waals surface area contributed by atoms with E-state index in [1.54, 1.807) is 0 Å². The summed E-state index contributed by atoms with van der Waals surface area (Å²) >= 11 is 0. The van der Waals surface area contributed by atoms with Crippen LogP contribution in [-0.2, 0) is 17.8 Å². The van der Waals surface area contributed by atoms with Crippen LogP contribution in [0.5, 0.6) is 0 Å². The van der Waals surface area contributed by atoms with E-state index in [0.29, 0.717) is 12.4 Å². The number of carbonyl (C=O) groups is 1. The number of nitrogen functional groups attached to an aromatic ring is 1. The number of unbranched alkanes of at least 4 members (excludes halogenated alkanes) is 7. The molecule has 5 heteroatoms. The third kappa shape index (κ3) is 7.40. The summed E-state index contributed by atoms with van der Waals surface area (Å²) in [4.78, 5) is 16.8. The number of nitrogens with two attached hydrogens (primary N) is 1. The Morgan fingerprint density at radius 3 is 2.41 bits per heavy atom. The molecule has 5 nitrogen and oxygen atoms in total. The van der Waals surface area contributed by atoms with Gasteiger partial charge in [-0.3, -0.25) is 4.79 Å². The number of benzene rings is 2. The van der Waals surface area contributed by atoms with Crippen LogP contribution in [-0.4, -0.2) is 15.5 Å². The van der Waals surface area contributed by atoms with E-state index in [0.717, 1.165) is 48.9 Å². The normalized spacial score (nSPS) is 11.2. The van der Waals surface area contributed by atoms with Crippen molar-refractivity contribution in [1.29, 1.82) is 0 Å². The van der Waals surface area contributed by atoms with E-state index in [1.165, 1.54) is 44.1 Å². The van der Waals surface area contributed by atoms with Crippen molar-refractivity contribution < 1.29 is 4.79 Å². The average molecular weight is 435 g/mol. The number of nitrogens with one attached hydrogen (secondary N) is 1. The monoisotopic (exact) mass is 434 g/mol. The molecule has 0 aliphatic carbocycles. The van der Waals surface area contributed by atoms with Crippen molar-refractivity contribution in [1.82, 2.24) is 9.55 Å². The summed E-state index contributed by atoms with van der Waals surface area (Å²) in [5.74, 6) is 0.598. The standard InChI is InChI=1S/C27H38N4O/c1-2-3-4-5-6-7-8-12-17-26(32)29-23-18-19-25-24(21-23)30-27(28)31(25)20-13-16-22-14-10-9-11-15-22/h9-11,14-15,18-19,21H,2-8,12-13,16-17,20H2,1H3,(H2,28,30)(H,29,32). The number of hydrogen-bond donors (Lipinski definition) is 2. The van der Waals surface area contributed by atoms with Gasteiger partial charge in [0.05, 0.1) is 11.0 Å². The van der Waals surface area contributed by atoms with Gasteiger partial charge in [-0.25, -0.2) is 4.98 Å². The number of nitrogens with zero attached hydrogens (tertiary/aromatic N) is 2. The number of imidazole rings is 1. The van der Waals surface area contributed by atoms with Gasteiger partial charge in [0.1, 0.15) is 0 Å². The van der Waals surface area contributed by atoms with Crippen LogP contribution >= 0.6 is 0 Å². The van der Waals surface area contributed by atoms with Gasteiger partial charge < -0.3 is 15.6 Å². The summed E-state index contributed by atoms with van der Waals surface area (Å²) in [5.41, 5.74) is 10.1. The lowest BCUT2D eigenvalue weighted by atomic mass is 10.1. The molecule has 1 aromatic heterocycles. The zero-order valence-electron chi connectivity index (χ0n) is 19.5. The van der Waals surface area contributed by atoms with Gasteiger partial charge in [-0.2, -0.15) is 0 Å². The molecule has 1 amide bonds. The Morgan fingerprint density at radius 1 is 0.938 bits per heavy atom. The molecule has 172 valence electrons. The van der Waals surface area contributed by atoms with Gasteiger partial charge in [-0.05, 0) is 43.0 Å². The van der Waals surface area contributed by atoms with Gasteiger partial charge in [-0.1, -0.05) is 82.2 Å². The number of amides is 1. The van der Waals surface area contributed by atoms with Crippen LogP contribution in [0.15, 0.2) is 48.5 Å². The molecule has 0 saturated heterocycles. The van der Waals surface area contributed by atoms with E-state index in [4.69, 9.17) is 5.73 Å². The Bertz CT molecular complexity index is 964. The number of anilines is 2. The lowest BCUT2D eigenvalue weighted by Crippen LogP contribution is -2.11. The third-order valence-corrected chi connectivity index (χ3v) is 6.01. The fourth-order valence-corrected chi connectivity index (χ4v) is 4.19. The van der Waals surface area contributed by atoms with E-state index in [-0.39, 0.29) is 5.91 Å². The lowest BCUT2D eigenvalue weighted by Gasteiger charge is -2.08. The highest BCUT2D eigenvalue weighted by atomic mass is 16.1. The molecule has 32 heavy (non-hydrogen) atoms. The van der Waals surface area contributed by atoms with Crippen molar-refractivity contribution in [2.75, 3.05) is 11.1 Å². The highest BCUT2D eigenvalue weighted by molar-refractivity contribution is 5.93. The molecule has 0 aliphatic heterocycles. The van der Waals surface area contributed by atoms with Gasteiger partial charge >= 0.3 is 0 Å². The number of rotatable bonds is 14. The van der Waals surface area contributed by atoms with Crippen LogP contribution in [0.3, 0.4) is 0 Å². The fraction of sp³-hybridized carbons (Fsp3) is 0.481. The minimum absolute atomic E-state index is 0.0746. The van der Waals surface area contributed by atoms with Crippen molar-refractivity contribution >= 4 is 28.6 Å². The summed E-state index contributed by atoms with van der Waals surface area (Å²) in [5, 5.41) is 3.02. The number of fused-ring (bicyclic) bond motifs is 1. The first kappa shape index (κ1) is 23.8. The minimum atomic E-state index is 0.0746. The Hall–Kier alpha value is -2.82. The van der Waals surface area contributed by atoms with E-state index in [1.807, 2.05) is 24.3 Å². The molecular weight excluding hydrogens is 396 g/mol. The summed E-state index contributed by atoms with van der Waals surface area (Å²) in [6.45, 7) is 3.06. The molecule has 0 spiro atoms. The molecule has 3 rings (SSSR count). The molecule has 1 heterocycles. The molecule has 0 fully saturated rings. The predicted molar refractivity (Wildman–Crippen MR) is 135 cm³/mol. The molecule has 0 aliphatic rings. The maximum absolute atomic E-state index is 12.3. The highest BCUT2D eigenvalue weighted by Gasteiger charge is 2.10. The van der Waals surface area contributed by atoms with Gasteiger partial charge in [0.2, 0.25) is 11.9 Å². The van der Waals surface area contributed by atoms with Crippen molar-refractivity contribution in [2.45, 2.75) is 84.1 Å². The quantitative estimate of drug-likeness (QED) is 0.277. The van der Waals surface area contributed by atoms with Crippen LogP contribution in [0.1, 0.15) is 76.7 Å². The molecule has 3 N–H and O–H groups in total. The minimum Gasteiger partial charge on any atom is -0.369 e. The Labute approximate surface area is 192 Å². The summed E-state index contributed by atoms with van der Waals surface area (Å²) in [6, 6.07) is 16.4. The van der Waals surface area contributed by atoms with Crippen molar-refractivity contribution in [2.24, 2.45) is 0 Å². The van der Waals surface area contributed by atoms with Gasteiger partial charge in [-0.15, -0.1) is 0 Å². The summed E-state index contributed by atoms with van der Waals surface area (Å²) < 4.78 is 2.06. The van der Waals surface area contributed by atoms with Crippen LogP contribution in [0.4, 0.5) is 11.6 Å². The highest BCUT2D eigenvalue weighted by Crippen LogP contribution is 2.23. The van der Waals surface area contributed by atoms with Crippen LogP contribution in [0.2, 0.25) is 0 Å². The zero-order chi connectivity index (χ0) is 22.6. The number of aryl methyl sites for hydroxylation is 2. The maximum atomic E-state index is 12.3. The zero-order valence-corrected chi connectivity index (χ0v) is 19.5. The van der Waals surface area contributed by atoms with Gasteiger partial charge in [0.25, 0.3) is 0 Å². The SMILES string of the molecule is CCCCCCCCCCC(=O)Nc1ccc2c(c1)nc(N)n2CCCc1ccccc1. The molecule has 2 aromatic carbocycles. The van der Waals surface area contributed by atoms with Crippen molar-refractivity contribution in [3.05, 3.63) is 54.1 Å². The number of carbonyl (C=O) groups excluding carboxylic acids is 1.